The normalized spacial score (nSPS) is 14.1. The monoisotopic (exact) mass is 243 g/mol. The van der Waals surface area contributed by atoms with Crippen molar-refractivity contribution in [3.05, 3.63) is 0 Å². The van der Waals surface area contributed by atoms with Crippen molar-refractivity contribution in [1.29, 1.82) is 0 Å². The number of rotatable bonds is 3. The van der Waals surface area contributed by atoms with E-state index in [0.29, 0.717) is 13.8 Å². The summed E-state index contributed by atoms with van der Waals surface area (Å²) in [6.45, 7) is 1.36. The lowest BCUT2D eigenvalue weighted by atomic mass is 9.83. The fourth-order valence-corrected chi connectivity index (χ4v) is 0.891. The molecule has 0 bridgehead atoms. The molecule has 94 valence electrons. The van der Waals surface area contributed by atoms with Crippen LogP contribution in [0.25, 0.3) is 0 Å². The van der Waals surface area contributed by atoms with Crippen LogP contribution in [0, 0.1) is 5.41 Å². The lowest BCUT2D eigenvalue weighted by molar-refractivity contribution is -0.223. The number of alkyl halides is 3. The maximum Gasteiger partial charge on any atom is 0.407 e. The van der Waals surface area contributed by atoms with Crippen molar-refractivity contribution < 1.29 is 32.6 Å². The zero-order valence-corrected chi connectivity index (χ0v) is 8.88. The van der Waals surface area contributed by atoms with E-state index in [4.69, 9.17) is 5.11 Å². The number of aliphatic carboxylic acids is 1. The lowest BCUT2D eigenvalue weighted by Gasteiger charge is -2.33. The topological polar surface area (TPSA) is 75.6 Å². The van der Waals surface area contributed by atoms with Gasteiger partial charge in [0, 0.05) is 0 Å². The van der Waals surface area contributed by atoms with E-state index < -0.39 is 29.7 Å². The van der Waals surface area contributed by atoms with E-state index in [1.165, 1.54) is 0 Å². The Balaban J connectivity index is 5.07. The van der Waals surface area contributed by atoms with Gasteiger partial charge in [-0.15, -0.1) is 0 Å². The number of carbonyl (C=O) groups excluding carboxylic acids is 1. The molecular formula is C8H12F3NO4. The lowest BCUT2D eigenvalue weighted by Crippen LogP contribution is -2.56. The Morgan fingerprint density at radius 2 is 1.75 bits per heavy atom. The SMILES string of the molecule is COC(=O)N[C@H](C(=O)O)C(C)(C)C(F)(F)F. The molecule has 5 nitrogen and oxygen atoms in total. The second-order valence-electron chi connectivity index (χ2n) is 3.63. The van der Waals surface area contributed by atoms with Crippen molar-refractivity contribution in [1.82, 2.24) is 5.32 Å². The average molecular weight is 243 g/mol. The minimum absolute atomic E-state index is 0.682. The van der Waals surface area contributed by atoms with Crippen LogP contribution in [-0.4, -0.2) is 36.5 Å². The number of nitrogens with one attached hydrogen (secondary N) is 1. The Kier molecular flexibility index (Phi) is 4.16. The molecule has 0 unspecified atom stereocenters. The number of carboxylic acid groups (broad SMARTS) is 1. The number of hydrogen-bond donors (Lipinski definition) is 2. The van der Waals surface area contributed by atoms with Crippen LogP contribution in [0.2, 0.25) is 0 Å². The summed E-state index contributed by atoms with van der Waals surface area (Å²) in [5.74, 6) is -1.78. The molecule has 0 aromatic heterocycles. The van der Waals surface area contributed by atoms with E-state index in [1.54, 1.807) is 5.32 Å². The predicted molar refractivity (Wildman–Crippen MR) is 46.8 cm³/mol. The molecule has 16 heavy (non-hydrogen) atoms. The third-order valence-corrected chi connectivity index (χ3v) is 2.15. The number of ether oxygens (including phenoxy) is 1. The quantitative estimate of drug-likeness (QED) is 0.785. The van der Waals surface area contributed by atoms with Crippen LogP contribution in [-0.2, 0) is 9.53 Å². The van der Waals surface area contributed by atoms with Gasteiger partial charge in [0.2, 0.25) is 0 Å². The van der Waals surface area contributed by atoms with Gasteiger partial charge in [-0.05, 0) is 13.8 Å². The number of carbonyl (C=O) groups is 2. The molecule has 0 aliphatic heterocycles. The molecule has 0 spiro atoms. The highest BCUT2D eigenvalue weighted by molar-refractivity contribution is 5.80. The van der Waals surface area contributed by atoms with Gasteiger partial charge < -0.3 is 15.2 Å². The van der Waals surface area contributed by atoms with Crippen LogP contribution in [0.5, 0.6) is 0 Å². The van der Waals surface area contributed by atoms with E-state index >= 15 is 0 Å². The second-order valence-corrected chi connectivity index (χ2v) is 3.63. The minimum Gasteiger partial charge on any atom is -0.480 e. The molecule has 0 saturated carbocycles. The average Bonchev–Trinajstić information content (AvgIpc) is 2.10. The standard InChI is InChI=1S/C8H12F3NO4/c1-7(2,8(9,10)11)4(5(13)14)12-6(15)16-3/h4H,1-3H3,(H,12,15)(H,13,14)/t4-/m1/s1. The summed E-state index contributed by atoms with van der Waals surface area (Å²) in [5.41, 5.74) is -2.60. The fourth-order valence-electron chi connectivity index (χ4n) is 0.891. The molecule has 0 heterocycles. The van der Waals surface area contributed by atoms with Gasteiger partial charge in [0.25, 0.3) is 0 Å². The molecule has 0 aliphatic rings. The predicted octanol–water partition coefficient (Wildman–Crippen LogP) is 1.38. The van der Waals surface area contributed by atoms with Crippen molar-refractivity contribution >= 4 is 12.1 Å². The van der Waals surface area contributed by atoms with Gasteiger partial charge in [0.05, 0.1) is 12.5 Å². The molecule has 8 heteroatoms. The zero-order chi connectivity index (χ0) is 13.1. The van der Waals surface area contributed by atoms with Gasteiger partial charge in [-0.25, -0.2) is 9.59 Å². The molecule has 2 N–H and O–H groups in total. The molecule has 0 saturated heterocycles. The van der Waals surface area contributed by atoms with Crippen LogP contribution >= 0.6 is 0 Å². The third-order valence-electron chi connectivity index (χ3n) is 2.15. The van der Waals surface area contributed by atoms with Gasteiger partial charge in [-0.3, -0.25) is 0 Å². The van der Waals surface area contributed by atoms with Gasteiger partial charge in [0.1, 0.15) is 6.04 Å². The molecule has 0 rings (SSSR count). The van der Waals surface area contributed by atoms with Gasteiger partial charge in [-0.1, -0.05) is 0 Å². The summed E-state index contributed by atoms with van der Waals surface area (Å²) in [5, 5.41) is 10.3. The third kappa shape index (κ3) is 3.01. The summed E-state index contributed by atoms with van der Waals surface area (Å²) in [4.78, 5) is 21.4. The largest absolute Gasteiger partial charge is 0.480 e. The van der Waals surface area contributed by atoms with Crippen molar-refractivity contribution in [3.8, 4) is 0 Å². The van der Waals surface area contributed by atoms with Gasteiger partial charge in [0.15, 0.2) is 0 Å². The van der Waals surface area contributed by atoms with E-state index in [0.717, 1.165) is 7.11 Å². The van der Waals surface area contributed by atoms with Crippen molar-refractivity contribution in [2.75, 3.05) is 7.11 Å². The Morgan fingerprint density at radius 1 is 1.31 bits per heavy atom. The molecule has 0 radical (unpaired) electrons. The molecule has 0 aromatic carbocycles. The minimum atomic E-state index is -4.77. The van der Waals surface area contributed by atoms with E-state index in [2.05, 4.69) is 4.74 Å². The molecule has 1 atom stereocenters. The molecule has 0 fully saturated rings. The summed E-state index contributed by atoms with van der Waals surface area (Å²) in [6.07, 6.45) is -6.00. The Morgan fingerprint density at radius 3 is 2.00 bits per heavy atom. The number of methoxy groups -OCH3 is 1. The van der Waals surface area contributed by atoms with Crippen LogP contribution in [0.15, 0.2) is 0 Å². The van der Waals surface area contributed by atoms with Crippen LogP contribution < -0.4 is 5.32 Å². The van der Waals surface area contributed by atoms with Crippen LogP contribution in [0.4, 0.5) is 18.0 Å². The van der Waals surface area contributed by atoms with Crippen molar-refractivity contribution in [2.45, 2.75) is 26.1 Å². The molecular weight excluding hydrogens is 231 g/mol. The van der Waals surface area contributed by atoms with E-state index in [-0.39, 0.29) is 0 Å². The van der Waals surface area contributed by atoms with Crippen molar-refractivity contribution in [3.63, 3.8) is 0 Å². The number of alkyl carbamates (subject to hydrolysis) is 1. The first kappa shape index (κ1) is 14.5. The molecule has 1 amide bonds. The summed E-state index contributed by atoms with van der Waals surface area (Å²) in [7, 11) is 0.925. The Labute approximate surface area is 89.6 Å². The smallest absolute Gasteiger partial charge is 0.407 e. The highest BCUT2D eigenvalue weighted by Crippen LogP contribution is 2.40. The first-order valence-corrected chi connectivity index (χ1v) is 4.18. The van der Waals surface area contributed by atoms with Crippen molar-refractivity contribution in [2.24, 2.45) is 5.41 Å². The molecule has 0 aliphatic carbocycles. The van der Waals surface area contributed by atoms with Gasteiger partial charge in [-0.2, -0.15) is 13.2 Å². The Bertz CT molecular complexity index is 287. The maximum atomic E-state index is 12.5. The first-order chi connectivity index (χ1) is 7.04. The van der Waals surface area contributed by atoms with E-state index in [9.17, 15) is 22.8 Å². The van der Waals surface area contributed by atoms with Crippen LogP contribution in [0.1, 0.15) is 13.8 Å². The zero-order valence-electron chi connectivity index (χ0n) is 8.88. The molecule has 0 aromatic rings. The summed E-state index contributed by atoms with van der Waals surface area (Å²) < 4.78 is 41.7. The highest BCUT2D eigenvalue weighted by atomic mass is 19.4. The summed E-state index contributed by atoms with van der Waals surface area (Å²) >= 11 is 0. The number of hydrogen-bond acceptors (Lipinski definition) is 3. The second kappa shape index (κ2) is 4.58. The number of carboxylic acids is 1. The van der Waals surface area contributed by atoms with E-state index in [1.807, 2.05) is 0 Å². The maximum absolute atomic E-state index is 12.5. The number of halogens is 3. The summed E-state index contributed by atoms with van der Waals surface area (Å²) in [6, 6.07) is -2.11. The highest BCUT2D eigenvalue weighted by Gasteiger charge is 2.55. The Hall–Kier alpha value is -1.47. The fraction of sp³-hybridized carbons (Fsp3) is 0.750. The van der Waals surface area contributed by atoms with Gasteiger partial charge >= 0.3 is 18.2 Å². The number of amides is 1. The first-order valence-electron chi connectivity index (χ1n) is 4.18. The van der Waals surface area contributed by atoms with Crippen LogP contribution in [0.3, 0.4) is 0 Å².